The highest BCUT2D eigenvalue weighted by atomic mass is 16.5. The van der Waals surface area contributed by atoms with E-state index in [9.17, 15) is 9.59 Å². The summed E-state index contributed by atoms with van der Waals surface area (Å²) in [6.45, 7) is 1.41. The maximum atomic E-state index is 14.0. The Morgan fingerprint density at radius 1 is 0.974 bits per heavy atom. The van der Waals surface area contributed by atoms with Gasteiger partial charge < -0.3 is 20.1 Å². The molecular formula is C32H34N2O4. The molecule has 4 rings (SSSR count). The minimum Gasteiger partial charge on any atom is -0.453 e. The van der Waals surface area contributed by atoms with E-state index in [-0.39, 0.29) is 30.3 Å². The van der Waals surface area contributed by atoms with Crippen LogP contribution in [0, 0.1) is 12.3 Å². The van der Waals surface area contributed by atoms with Crippen LogP contribution in [0.2, 0.25) is 0 Å². The Bertz CT molecular complexity index is 1200. The number of hydrogen-bond donors (Lipinski definition) is 2. The van der Waals surface area contributed by atoms with Crippen molar-refractivity contribution in [2.75, 3.05) is 20.2 Å². The Balaban J connectivity index is 1.58. The van der Waals surface area contributed by atoms with E-state index < -0.39 is 12.1 Å². The minimum atomic E-state index is -0.817. The Kier molecular flexibility index (Phi) is 9.69. The number of alkyl carbamates (subject to hydrolysis) is 1. The normalized spacial score (nSPS) is 17.8. The van der Waals surface area contributed by atoms with Gasteiger partial charge in [-0.2, -0.15) is 0 Å². The zero-order valence-corrected chi connectivity index (χ0v) is 21.6. The zero-order chi connectivity index (χ0) is 26.7. The second-order valence-corrected chi connectivity index (χ2v) is 9.43. The molecule has 1 saturated heterocycles. The molecule has 6 nitrogen and oxygen atoms in total. The summed E-state index contributed by atoms with van der Waals surface area (Å²) in [5, 5.41) is 6.17. The molecule has 0 aliphatic carbocycles. The second kappa shape index (κ2) is 13.6. The fourth-order valence-electron chi connectivity index (χ4n) is 4.99. The van der Waals surface area contributed by atoms with Crippen LogP contribution in [0.25, 0.3) is 0 Å². The molecule has 1 heterocycles. The summed E-state index contributed by atoms with van der Waals surface area (Å²) >= 11 is 0. The van der Waals surface area contributed by atoms with E-state index in [0.717, 1.165) is 41.6 Å². The minimum absolute atomic E-state index is 0.0165. The van der Waals surface area contributed by atoms with Crippen molar-refractivity contribution in [3.63, 3.8) is 0 Å². The smallest absolute Gasteiger partial charge is 0.407 e. The summed E-state index contributed by atoms with van der Waals surface area (Å²) < 4.78 is 10.9. The number of methoxy groups -OCH3 is 1. The van der Waals surface area contributed by atoms with Crippen molar-refractivity contribution in [1.29, 1.82) is 0 Å². The number of rotatable bonds is 10. The number of carbonyl (C=O) groups excluding carboxylic acids is 2. The van der Waals surface area contributed by atoms with Gasteiger partial charge in [-0.25, -0.2) is 4.79 Å². The number of benzene rings is 3. The maximum absolute atomic E-state index is 14.0. The van der Waals surface area contributed by atoms with Gasteiger partial charge in [-0.15, -0.1) is 6.42 Å². The molecular weight excluding hydrogens is 476 g/mol. The van der Waals surface area contributed by atoms with Crippen molar-refractivity contribution >= 4 is 11.9 Å². The van der Waals surface area contributed by atoms with Crippen LogP contribution in [0.3, 0.4) is 0 Å². The number of nitrogens with one attached hydrogen (secondary N) is 2. The fraction of sp³-hybridized carbons (Fsp3) is 0.312. The molecule has 1 aliphatic rings. The van der Waals surface area contributed by atoms with Crippen LogP contribution >= 0.6 is 0 Å². The average Bonchev–Trinajstić information content (AvgIpc) is 2.97. The highest BCUT2D eigenvalue weighted by Crippen LogP contribution is 2.30. The first-order valence-electron chi connectivity index (χ1n) is 12.9. The van der Waals surface area contributed by atoms with E-state index in [1.54, 1.807) is 0 Å². The molecule has 3 aromatic carbocycles. The number of hydrogen-bond acceptors (Lipinski definition) is 5. The first kappa shape index (κ1) is 27.1. The van der Waals surface area contributed by atoms with Crippen LogP contribution in [0.4, 0.5) is 4.79 Å². The predicted octanol–water partition coefficient (Wildman–Crippen LogP) is 4.28. The van der Waals surface area contributed by atoms with Gasteiger partial charge in [0, 0.05) is 25.4 Å². The van der Waals surface area contributed by atoms with Gasteiger partial charge in [-0.1, -0.05) is 90.8 Å². The molecule has 2 N–H and O–H groups in total. The topological polar surface area (TPSA) is 76.7 Å². The van der Waals surface area contributed by atoms with Crippen LogP contribution < -0.4 is 10.6 Å². The van der Waals surface area contributed by atoms with Gasteiger partial charge in [-0.3, -0.25) is 4.79 Å². The number of carbonyl (C=O) groups is 2. The summed E-state index contributed by atoms with van der Waals surface area (Å²) in [5.74, 6) is 2.20. The molecule has 1 amide bonds. The molecule has 1 fully saturated rings. The molecule has 38 heavy (non-hydrogen) atoms. The van der Waals surface area contributed by atoms with Crippen LogP contribution in [0.15, 0.2) is 84.9 Å². The van der Waals surface area contributed by atoms with Crippen molar-refractivity contribution in [3.05, 3.63) is 107 Å². The number of Topliss-reactive ketones (excluding diaryl/α,β-unsaturated/α-hetero) is 1. The summed E-state index contributed by atoms with van der Waals surface area (Å²) in [4.78, 5) is 26.4. The highest BCUT2D eigenvalue weighted by molar-refractivity contribution is 5.90. The van der Waals surface area contributed by atoms with E-state index in [1.807, 2.05) is 84.9 Å². The lowest BCUT2D eigenvalue weighted by Gasteiger charge is -2.29. The van der Waals surface area contributed by atoms with Crippen LogP contribution in [-0.2, 0) is 27.1 Å². The Morgan fingerprint density at radius 3 is 2.18 bits per heavy atom. The van der Waals surface area contributed by atoms with E-state index >= 15 is 0 Å². The molecule has 1 aliphatic heterocycles. The van der Waals surface area contributed by atoms with E-state index in [2.05, 4.69) is 16.6 Å². The molecule has 0 saturated carbocycles. The summed E-state index contributed by atoms with van der Waals surface area (Å²) in [7, 11) is 1.30. The van der Waals surface area contributed by atoms with Crippen molar-refractivity contribution in [3.8, 4) is 12.3 Å². The number of aryl methyl sites for hydroxylation is 1. The first-order valence-corrected chi connectivity index (χ1v) is 12.9. The van der Waals surface area contributed by atoms with E-state index in [1.165, 1.54) is 7.11 Å². The fourth-order valence-corrected chi connectivity index (χ4v) is 4.99. The molecule has 0 spiro atoms. The number of ketones is 1. The quantitative estimate of drug-likeness (QED) is 0.398. The lowest BCUT2D eigenvalue weighted by Crippen LogP contribution is -2.46. The van der Waals surface area contributed by atoms with Crippen molar-refractivity contribution in [1.82, 2.24) is 10.6 Å². The average molecular weight is 511 g/mol. The molecule has 196 valence electrons. The zero-order valence-electron chi connectivity index (χ0n) is 21.6. The molecule has 0 aromatic heterocycles. The molecule has 0 bridgehead atoms. The van der Waals surface area contributed by atoms with Crippen molar-refractivity contribution in [2.45, 2.75) is 43.4 Å². The second-order valence-electron chi connectivity index (χ2n) is 9.43. The lowest BCUT2D eigenvalue weighted by atomic mass is 9.81. The summed E-state index contributed by atoms with van der Waals surface area (Å²) in [6, 6.07) is 26.7. The van der Waals surface area contributed by atoms with Gasteiger partial charge in [0.2, 0.25) is 0 Å². The SMILES string of the molecule is C#C[C@@H]1CNC[C@@H](CCc2ccccc2CC(=O)[C@@H](NC(=O)OC)C(c2ccccc2)c2ccccc2)O1. The Labute approximate surface area is 224 Å². The van der Waals surface area contributed by atoms with Crippen molar-refractivity contribution < 1.29 is 19.1 Å². The summed E-state index contributed by atoms with van der Waals surface area (Å²) in [5.41, 5.74) is 3.89. The monoisotopic (exact) mass is 510 g/mol. The standard InChI is InChI=1S/C32H34N2O4/c1-3-27-21-33-22-28(38-27)19-18-23-12-10-11-17-26(23)20-29(35)31(34-32(36)37-2)30(24-13-6-4-7-14-24)25-15-8-5-9-16-25/h1,4-17,27-28,30-31,33H,18-22H2,2H3,(H,34,36)/t27-,28-,31-/m1/s1. The van der Waals surface area contributed by atoms with Crippen LogP contribution in [0.1, 0.15) is 34.6 Å². The predicted molar refractivity (Wildman–Crippen MR) is 148 cm³/mol. The number of morpholine rings is 1. The Morgan fingerprint density at radius 2 is 1.58 bits per heavy atom. The molecule has 3 aromatic rings. The van der Waals surface area contributed by atoms with Gasteiger partial charge in [0.15, 0.2) is 5.78 Å². The van der Waals surface area contributed by atoms with Gasteiger partial charge in [0.25, 0.3) is 0 Å². The third-order valence-electron chi connectivity index (χ3n) is 6.92. The molecule has 0 unspecified atom stereocenters. The molecule has 0 radical (unpaired) electrons. The van der Waals surface area contributed by atoms with Crippen LogP contribution in [0.5, 0.6) is 0 Å². The van der Waals surface area contributed by atoms with Crippen molar-refractivity contribution in [2.24, 2.45) is 0 Å². The van der Waals surface area contributed by atoms with Gasteiger partial charge >= 0.3 is 6.09 Å². The third-order valence-corrected chi connectivity index (χ3v) is 6.92. The molecule has 6 heteroatoms. The number of amides is 1. The van der Waals surface area contributed by atoms with Gasteiger partial charge in [0.1, 0.15) is 12.1 Å². The largest absolute Gasteiger partial charge is 0.453 e. The summed E-state index contributed by atoms with van der Waals surface area (Å²) in [6.07, 6.45) is 6.42. The van der Waals surface area contributed by atoms with Gasteiger partial charge in [0.05, 0.1) is 13.2 Å². The third kappa shape index (κ3) is 7.10. The first-order chi connectivity index (χ1) is 18.6. The number of ether oxygens (including phenoxy) is 2. The maximum Gasteiger partial charge on any atom is 0.407 e. The van der Waals surface area contributed by atoms with E-state index in [4.69, 9.17) is 15.9 Å². The Hall–Kier alpha value is -3.92. The molecule has 3 atom stereocenters. The van der Waals surface area contributed by atoms with E-state index in [0.29, 0.717) is 6.54 Å². The highest BCUT2D eigenvalue weighted by Gasteiger charge is 2.33. The van der Waals surface area contributed by atoms with Crippen LogP contribution in [-0.4, -0.2) is 50.3 Å². The lowest BCUT2D eigenvalue weighted by molar-refractivity contribution is -0.120. The number of terminal acetylenes is 1. The van der Waals surface area contributed by atoms with Gasteiger partial charge in [-0.05, 0) is 35.1 Å².